The third kappa shape index (κ3) is 3.82. The monoisotopic (exact) mass is 358 g/mol. The molecule has 0 atom stereocenters. The van der Waals surface area contributed by atoms with E-state index in [-0.39, 0.29) is 5.91 Å². The lowest BCUT2D eigenvalue weighted by Crippen LogP contribution is -2.49. The minimum atomic E-state index is 0.101. The normalized spacial score (nSPS) is 14.3. The number of carbonyl (C=O) groups is 1. The van der Waals surface area contributed by atoms with E-state index in [0.717, 1.165) is 41.3 Å². The molecule has 2 heterocycles. The number of hydrogen-bond acceptors (Lipinski definition) is 4. The molecule has 1 amide bonds. The molecule has 0 bridgehead atoms. The maximum Gasteiger partial charge on any atom is 0.253 e. The zero-order chi connectivity index (χ0) is 18.6. The van der Waals surface area contributed by atoms with E-state index in [9.17, 15) is 4.79 Å². The number of benzene rings is 2. The Bertz CT molecular complexity index is 917. The van der Waals surface area contributed by atoms with Crippen molar-refractivity contribution in [2.75, 3.05) is 31.1 Å². The van der Waals surface area contributed by atoms with Crippen LogP contribution in [0, 0.1) is 6.92 Å². The van der Waals surface area contributed by atoms with Crippen molar-refractivity contribution >= 4 is 11.7 Å². The molecule has 0 radical (unpaired) electrons. The fourth-order valence-corrected chi connectivity index (χ4v) is 3.36. The predicted octanol–water partition coefficient (Wildman–Crippen LogP) is 3.41. The quantitative estimate of drug-likeness (QED) is 0.720. The van der Waals surface area contributed by atoms with Crippen molar-refractivity contribution < 1.29 is 4.79 Å². The maximum absolute atomic E-state index is 12.7. The minimum Gasteiger partial charge on any atom is -0.352 e. The number of rotatable bonds is 3. The number of anilines is 1. The third-order valence-electron chi connectivity index (χ3n) is 4.88. The summed E-state index contributed by atoms with van der Waals surface area (Å²) in [5.41, 5.74) is 3.79. The Hall–Kier alpha value is -3.21. The molecule has 4 rings (SSSR count). The van der Waals surface area contributed by atoms with Crippen LogP contribution in [0.4, 0.5) is 5.82 Å². The molecule has 27 heavy (non-hydrogen) atoms. The van der Waals surface area contributed by atoms with Crippen LogP contribution in [0.2, 0.25) is 0 Å². The van der Waals surface area contributed by atoms with Crippen LogP contribution in [0.3, 0.4) is 0 Å². The molecule has 136 valence electrons. The van der Waals surface area contributed by atoms with Crippen LogP contribution in [0.5, 0.6) is 0 Å². The highest BCUT2D eigenvalue weighted by Crippen LogP contribution is 2.19. The molecule has 0 N–H and O–H groups in total. The van der Waals surface area contributed by atoms with Gasteiger partial charge in [0, 0.05) is 37.3 Å². The molecule has 1 aromatic heterocycles. The Morgan fingerprint density at radius 1 is 0.852 bits per heavy atom. The highest BCUT2D eigenvalue weighted by molar-refractivity contribution is 5.94. The predicted molar refractivity (Wildman–Crippen MR) is 107 cm³/mol. The topological polar surface area (TPSA) is 49.3 Å². The zero-order valence-corrected chi connectivity index (χ0v) is 15.4. The summed E-state index contributed by atoms with van der Waals surface area (Å²) < 4.78 is 0. The average Bonchev–Trinajstić information content (AvgIpc) is 2.74. The van der Waals surface area contributed by atoms with Crippen molar-refractivity contribution in [2.24, 2.45) is 0 Å². The van der Waals surface area contributed by atoms with Gasteiger partial charge >= 0.3 is 0 Å². The molecular formula is C22H22N4O. The second kappa shape index (κ2) is 7.58. The maximum atomic E-state index is 12.7. The highest BCUT2D eigenvalue weighted by atomic mass is 16.2. The molecule has 0 saturated carbocycles. The fourth-order valence-electron chi connectivity index (χ4n) is 3.36. The van der Waals surface area contributed by atoms with Gasteiger partial charge in [-0.05, 0) is 31.2 Å². The summed E-state index contributed by atoms with van der Waals surface area (Å²) in [5.74, 6) is 0.959. The smallest absolute Gasteiger partial charge is 0.253 e. The molecular weight excluding hydrogens is 336 g/mol. The van der Waals surface area contributed by atoms with Crippen molar-refractivity contribution in [1.82, 2.24) is 15.1 Å². The lowest BCUT2D eigenvalue weighted by molar-refractivity contribution is 0.0746. The number of piperazine rings is 1. The van der Waals surface area contributed by atoms with Gasteiger partial charge < -0.3 is 9.80 Å². The Kier molecular flexibility index (Phi) is 4.83. The summed E-state index contributed by atoms with van der Waals surface area (Å²) in [4.78, 5) is 16.8. The Morgan fingerprint density at radius 2 is 1.63 bits per heavy atom. The summed E-state index contributed by atoms with van der Waals surface area (Å²) in [7, 11) is 0. The molecule has 2 aromatic carbocycles. The first-order chi connectivity index (χ1) is 13.2. The zero-order valence-electron chi connectivity index (χ0n) is 15.4. The third-order valence-corrected chi connectivity index (χ3v) is 4.88. The molecule has 0 unspecified atom stereocenters. The molecule has 1 aliphatic heterocycles. The van der Waals surface area contributed by atoms with Gasteiger partial charge in [0.15, 0.2) is 5.82 Å². The van der Waals surface area contributed by atoms with Crippen LogP contribution in [0.1, 0.15) is 15.9 Å². The molecule has 0 aliphatic carbocycles. The van der Waals surface area contributed by atoms with E-state index in [1.807, 2.05) is 78.6 Å². The van der Waals surface area contributed by atoms with E-state index in [4.69, 9.17) is 0 Å². The first-order valence-corrected chi connectivity index (χ1v) is 9.21. The number of aryl methyl sites for hydroxylation is 1. The van der Waals surface area contributed by atoms with Crippen LogP contribution < -0.4 is 4.90 Å². The standard InChI is InChI=1S/C22H22N4O/c1-17-6-5-9-19(16-17)22(27)26-14-12-25(13-15-26)21-11-10-20(23-24-21)18-7-3-2-4-8-18/h2-11,16H,12-15H2,1H3. The van der Waals surface area contributed by atoms with Gasteiger partial charge in [0.05, 0.1) is 5.69 Å². The summed E-state index contributed by atoms with van der Waals surface area (Å²) >= 11 is 0. The number of amides is 1. The van der Waals surface area contributed by atoms with Crippen LogP contribution in [0.25, 0.3) is 11.3 Å². The van der Waals surface area contributed by atoms with E-state index in [1.54, 1.807) is 0 Å². The van der Waals surface area contributed by atoms with Crippen LogP contribution in [-0.2, 0) is 0 Å². The molecule has 3 aromatic rings. The number of hydrogen-bond donors (Lipinski definition) is 0. The molecule has 5 nitrogen and oxygen atoms in total. The lowest BCUT2D eigenvalue weighted by Gasteiger charge is -2.35. The number of carbonyl (C=O) groups excluding carboxylic acids is 1. The van der Waals surface area contributed by atoms with E-state index >= 15 is 0 Å². The second-order valence-electron chi connectivity index (χ2n) is 6.79. The Morgan fingerprint density at radius 3 is 2.30 bits per heavy atom. The van der Waals surface area contributed by atoms with Crippen molar-refractivity contribution in [1.29, 1.82) is 0 Å². The minimum absolute atomic E-state index is 0.101. The average molecular weight is 358 g/mol. The molecule has 0 spiro atoms. The highest BCUT2D eigenvalue weighted by Gasteiger charge is 2.23. The van der Waals surface area contributed by atoms with Gasteiger partial charge in [0.25, 0.3) is 5.91 Å². The van der Waals surface area contributed by atoms with Gasteiger partial charge in [-0.3, -0.25) is 4.79 Å². The SMILES string of the molecule is Cc1cccc(C(=O)N2CCN(c3ccc(-c4ccccc4)nn3)CC2)c1. The Balaban J connectivity index is 1.40. The Labute approximate surface area is 159 Å². The molecule has 5 heteroatoms. The molecule has 1 saturated heterocycles. The summed E-state index contributed by atoms with van der Waals surface area (Å²) in [6.45, 7) is 4.91. The van der Waals surface area contributed by atoms with Crippen LogP contribution in [-0.4, -0.2) is 47.2 Å². The van der Waals surface area contributed by atoms with E-state index in [1.165, 1.54) is 0 Å². The fraction of sp³-hybridized carbons (Fsp3) is 0.227. The van der Waals surface area contributed by atoms with E-state index < -0.39 is 0 Å². The van der Waals surface area contributed by atoms with Crippen molar-refractivity contribution in [3.63, 3.8) is 0 Å². The molecule has 1 fully saturated rings. The summed E-state index contributed by atoms with van der Waals surface area (Å²) in [6, 6.07) is 21.8. The van der Waals surface area contributed by atoms with Gasteiger partial charge in [-0.15, -0.1) is 10.2 Å². The lowest BCUT2D eigenvalue weighted by atomic mass is 10.1. The van der Waals surface area contributed by atoms with Crippen molar-refractivity contribution in [3.05, 3.63) is 77.9 Å². The van der Waals surface area contributed by atoms with Crippen LogP contribution in [0.15, 0.2) is 66.7 Å². The first-order valence-electron chi connectivity index (χ1n) is 9.21. The van der Waals surface area contributed by atoms with Gasteiger partial charge in [0.2, 0.25) is 0 Å². The van der Waals surface area contributed by atoms with Gasteiger partial charge in [-0.25, -0.2) is 0 Å². The number of aromatic nitrogens is 2. The van der Waals surface area contributed by atoms with Gasteiger partial charge in [-0.1, -0.05) is 48.0 Å². The number of nitrogens with zero attached hydrogens (tertiary/aromatic N) is 4. The molecule has 1 aliphatic rings. The van der Waals surface area contributed by atoms with Gasteiger partial charge in [-0.2, -0.15) is 0 Å². The summed E-state index contributed by atoms with van der Waals surface area (Å²) in [5, 5.41) is 8.75. The first kappa shape index (κ1) is 17.2. The second-order valence-corrected chi connectivity index (χ2v) is 6.79. The van der Waals surface area contributed by atoms with Crippen molar-refractivity contribution in [2.45, 2.75) is 6.92 Å². The van der Waals surface area contributed by atoms with Crippen molar-refractivity contribution in [3.8, 4) is 11.3 Å². The van der Waals surface area contributed by atoms with Crippen LogP contribution >= 0.6 is 0 Å². The van der Waals surface area contributed by atoms with E-state index in [2.05, 4.69) is 15.1 Å². The summed E-state index contributed by atoms with van der Waals surface area (Å²) in [6.07, 6.45) is 0. The van der Waals surface area contributed by atoms with E-state index in [0.29, 0.717) is 13.1 Å². The van der Waals surface area contributed by atoms with Gasteiger partial charge in [0.1, 0.15) is 0 Å². The largest absolute Gasteiger partial charge is 0.352 e.